The van der Waals surface area contributed by atoms with E-state index in [-0.39, 0.29) is 6.29 Å². The summed E-state index contributed by atoms with van der Waals surface area (Å²) < 4.78 is 11.5. The third-order valence-corrected chi connectivity index (χ3v) is 3.79. The van der Waals surface area contributed by atoms with Crippen molar-refractivity contribution in [2.24, 2.45) is 5.92 Å². The molecule has 1 unspecified atom stereocenters. The van der Waals surface area contributed by atoms with Crippen molar-refractivity contribution in [2.45, 2.75) is 25.7 Å². The molecule has 1 atom stereocenters. The molecule has 2 saturated heterocycles. The first-order chi connectivity index (χ1) is 8.88. The molecule has 0 spiro atoms. The van der Waals surface area contributed by atoms with Crippen molar-refractivity contribution in [1.29, 1.82) is 0 Å². The summed E-state index contributed by atoms with van der Waals surface area (Å²) in [7, 11) is 0. The molecule has 0 N–H and O–H groups in total. The average Bonchev–Trinajstić information content (AvgIpc) is 3.26. The maximum Gasteiger partial charge on any atom is 0.157 e. The average molecular weight is 247 g/mol. The highest BCUT2D eigenvalue weighted by Gasteiger charge is 2.37. The summed E-state index contributed by atoms with van der Waals surface area (Å²) in [6, 6.07) is 11.2. The molecule has 0 bridgehead atoms. The van der Waals surface area contributed by atoms with Gasteiger partial charge in [0.1, 0.15) is 0 Å². The standard InChI is InChI=1S/C15H21NO2/c1-2-14-17-10-13(11-18-14)15(16-8-9-16)12-6-4-3-5-7-12/h3-7,13-15H,2,8-11H2,1H3. The van der Waals surface area contributed by atoms with Gasteiger partial charge in [-0.3, -0.25) is 4.90 Å². The molecule has 0 radical (unpaired) electrons. The monoisotopic (exact) mass is 247 g/mol. The van der Waals surface area contributed by atoms with Gasteiger partial charge in [0.25, 0.3) is 0 Å². The second kappa shape index (κ2) is 5.39. The number of nitrogens with zero attached hydrogens (tertiary/aromatic N) is 1. The molecular weight excluding hydrogens is 226 g/mol. The molecule has 2 fully saturated rings. The van der Waals surface area contributed by atoms with Gasteiger partial charge in [-0.1, -0.05) is 37.3 Å². The molecule has 0 aliphatic carbocycles. The van der Waals surface area contributed by atoms with Crippen LogP contribution in [0.4, 0.5) is 0 Å². The summed E-state index contributed by atoms with van der Waals surface area (Å²) in [6.07, 6.45) is 0.943. The van der Waals surface area contributed by atoms with E-state index in [4.69, 9.17) is 9.47 Å². The van der Waals surface area contributed by atoms with Crippen LogP contribution in [0.15, 0.2) is 30.3 Å². The first kappa shape index (κ1) is 12.2. The van der Waals surface area contributed by atoms with E-state index in [2.05, 4.69) is 42.2 Å². The highest BCUT2D eigenvalue weighted by molar-refractivity contribution is 5.21. The largest absolute Gasteiger partial charge is 0.352 e. The Morgan fingerprint density at radius 3 is 2.39 bits per heavy atom. The van der Waals surface area contributed by atoms with Gasteiger partial charge < -0.3 is 9.47 Å². The van der Waals surface area contributed by atoms with E-state index in [9.17, 15) is 0 Å². The lowest BCUT2D eigenvalue weighted by molar-refractivity contribution is -0.208. The molecule has 2 aliphatic rings. The molecule has 1 aromatic carbocycles. The lowest BCUT2D eigenvalue weighted by Crippen LogP contribution is -2.37. The highest BCUT2D eigenvalue weighted by Crippen LogP contribution is 2.35. The molecule has 1 aromatic rings. The van der Waals surface area contributed by atoms with Crippen LogP contribution >= 0.6 is 0 Å². The third-order valence-electron chi connectivity index (χ3n) is 3.79. The smallest absolute Gasteiger partial charge is 0.157 e. The van der Waals surface area contributed by atoms with Gasteiger partial charge in [-0.2, -0.15) is 0 Å². The van der Waals surface area contributed by atoms with Gasteiger partial charge in [-0.25, -0.2) is 0 Å². The molecule has 98 valence electrons. The maximum absolute atomic E-state index is 5.77. The van der Waals surface area contributed by atoms with Crippen molar-refractivity contribution in [3.63, 3.8) is 0 Å². The molecule has 3 heteroatoms. The molecule has 0 saturated carbocycles. The third kappa shape index (κ3) is 2.58. The summed E-state index contributed by atoms with van der Waals surface area (Å²) in [6.45, 7) is 6.13. The highest BCUT2D eigenvalue weighted by atomic mass is 16.7. The van der Waals surface area contributed by atoms with E-state index in [1.54, 1.807) is 0 Å². The minimum absolute atomic E-state index is 0.00637. The van der Waals surface area contributed by atoms with Crippen molar-refractivity contribution < 1.29 is 9.47 Å². The summed E-state index contributed by atoms with van der Waals surface area (Å²) in [4.78, 5) is 2.50. The van der Waals surface area contributed by atoms with Crippen LogP contribution in [-0.4, -0.2) is 37.5 Å². The molecule has 0 aromatic heterocycles. The minimum Gasteiger partial charge on any atom is -0.352 e. The Kier molecular flexibility index (Phi) is 3.64. The predicted octanol–water partition coefficient (Wildman–Crippen LogP) is 2.44. The van der Waals surface area contributed by atoms with Gasteiger partial charge in [0.2, 0.25) is 0 Å². The van der Waals surface area contributed by atoms with E-state index < -0.39 is 0 Å². The van der Waals surface area contributed by atoms with Crippen LogP contribution in [0.1, 0.15) is 24.9 Å². The number of hydrogen-bond acceptors (Lipinski definition) is 3. The van der Waals surface area contributed by atoms with Gasteiger partial charge >= 0.3 is 0 Å². The Bertz CT molecular complexity index is 369. The summed E-state index contributed by atoms with van der Waals surface area (Å²) in [5.74, 6) is 0.456. The molecule has 2 aliphatic heterocycles. The fourth-order valence-corrected chi connectivity index (χ4v) is 2.74. The van der Waals surface area contributed by atoms with Gasteiger partial charge in [-0.15, -0.1) is 0 Å². The van der Waals surface area contributed by atoms with Crippen LogP contribution < -0.4 is 0 Å². The SMILES string of the molecule is CCC1OCC(C(c2ccccc2)N2CC2)CO1. The first-order valence-corrected chi connectivity index (χ1v) is 6.90. The molecule has 2 heterocycles. The van der Waals surface area contributed by atoms with Gasteiger partial charge in [-0.05, 0) is 12.0 Å². The van der Waals surface area contributed by atoms with E-state index in [1.165, 1.54) is 18.7 Å². The van der Waals surface area contributed by atoms with Crippen LogP contribution in [0.3, 0.4) is 0 Å². The second-order valence-corrected chi connectivity index (χ2v) is 5.16. The molecular formula is C15H21NO2. The zero-order valence-electron chi connectivity index (χ0n) is 10.9. The van der Waals surface area contributed by atoms with Gasteiger partial charge in [0.05, 0.1) is 13.2 Å². The van der Waals surface area contributed by atoms with E-state index in [1.807, 2.05) is 0 Å². The lowest BCUT2D eigenvalue weighted by Gasteiger charge is -2.34. The maximum atomic E-state index is 5.77. The molecule has 0 amide bonds. The minimum atomic E-state index is 0.00637. The number of rotatable bonds is 4. The van der Waals surface area contributed by atoms with Crippen molar-refractivity contribution in [3.05, 3.63) is 35.9 Å². The van der Waals surface area contributed by atoms with Crippen molar-refractivity contribution >= 4 is 0 Å². The van der Waals surface area contributed by atoms with E-state index in [0.29, 0.717) is 12.0 Å². The van der Waals surface area contributed by atoms with Crippen LogP contribution in [-0.2, 0) is 9.47 Å². The van der Waals surface area contributed by atoms with Crippen molar-refractivity contribution in [1.82, 2.24) is 4.90 Å². The van der Waals surface area contributed by atoms with Crippen LogP contribution in [0.2, 0.25) is 0 Å². The Morgan fingerprint density at radius 1 is 1.17 bits per heavy atom. The number of hydrogen-bond donors (Lipinski definition) is 0. The van der Waals surface area contributed by atoms with Gasteiger partial charge in [0, 0.05) is 25.0 Å². The predicted molar refractivity (Wildman–Crippen MR) is 70.2 cm³/mol. The van der Waals surface area contributed by atoms with Crippen molar-refractivity contribution in [3.8, 4) is 0 Å². The topological polar surface area (TPSA) is 21.5 Å². The normalized spacial score (nSPS) is 30.1. The molecule has 18 heavy (non-hydrogen) atoms. The fourth-order valence-electron chi connectivity index (χ4n) is 2.74. The Morgan fingerprint density at radius 2 is 1.83 bits per heavy atom. The Labute approximate surface area is 109 Å². The first-order valence-electron chi connectivity index (χ1n) is 6.90. The molecule has 3 rings (SSSR count). The Hall–Kier alpha value is -0.900. The van der Waals surface area contributed by atoms with Gasteiger partial charge in [0.15, 0.2) is 6.29 Å². The summed E-state index contributed by atoms with van der Waals surface area (Å²) >= 11 is 0. The summed E-state index contributed by atoms with van der Waals surface area (Å²) in [5, 5.41) is 0. The second-order valence-electron chi connectivity index (χ2n) is 5.16. The number of ether oxygens (including phenoxy) is 2. The van der Waals surface area contributed by atoms with E-state index >= 15 is 0 Å². The quantitative estimate of drug-likeness (QED) is 0.763. The lowest BCUT2D eigenvalue weighted by atomic mass is 9.93. The Balaban J connectivity index is 1.71. The zero-order chi connectivity index (χ0) is 12.4. The van der Waals surface area contributed by atoms with Crippen LogP contribution in [0.25, 0.3) is 0 Å². The molecule has 3 nitrogen and oxygen atoms in total. The number of benzene rings is 1. The van der Waals surface area contributed by atoms with Crippen LogP contribution in [0.5, 0.6) is 0 Å². The fraction of sp³-hybridized carbons (Fsp3) is 0.600. The zero-order valence-corrected chi connectivity index (χ0v) is 10.9. The van der Waals surface area contributed by atoms with E-state index in [0.717, 1.165) is 19.6 Å². The van der Waals surface area contributed by atoms with Crippen LogP contribution in [0, 0.1) is 5.92 Å². The summed E-state index contributed by atoms with van der Waals surface area (Å²) in [5.41, 5.74) is 1.39. The van der Waals surface area contributed by atoms with Crippen molar-refractivity contribution in [2.75, 3.05) is 26.3 Å².